The van der Waals surface area contributed by atoms with Crippen molar-refractivity contribution in [3.8, 4) is 0 Å². The van der Waals surface area contributed by atoms with Crippen molar-refractivity contribution in [2.24, 2.45) is 0 Å². The van der Waals surface area contributed by atoms with E-state index in [9.17, 15) is 0 Å². The smallest absolute Gasteiger partial charge is 0.0960 e. The number of rotatable bonds is 2. The van der Waals surface area contributed by atoms with Crippen molar-refractivity contribution in [1.29, 1.82) is 0 Å². The largest absolute Gasteiger partial charge is 0.249 e. The minimum Gasteiger partial charge on any atom is -0.249 e. The molecule has 1 rings (SSSR count). The van der Waals surface area contributed by atoms with Gasteiger partial charge in [0.2, 0.25) is 0 Å². The Kier molecular flexibility index (Phi) is 2.71. The van der Waals surface area contributed by atoms with Crippen LogP contribution in [0.4, 0.5) is 0 Å². The van der Waals surface area contributed by atoms with E-state index in [1.807, 2.05) is 18.5 Å². The molecular formula is C9H11NS. The van der Waals surface area contributed by atoms with E-state index in [4.69, 9.17) is 0 Å². The molecular weight excluding hydrogens is 154 g/mol. The summed E-state index contributed by atoms with van der Waals surface area (Å²) in [6, 6.07) is 2.07. The molecule has 1 aromatic rings. The summed E-state index contributed by atoms with van der Waals surface area (Å²) in [5.74, 6) is 0. The summed E-state index contributed by atoms with van der Waals surface area (Å²) in [6.07, 6.45) is 5.70. The van der Waals surface area contributed by atoms with Crippen LogP contribution >= 0.6 is 11.8 Å². The van der Waals surface area contributed by atoms with E-state index in [-0.39, 0.29) is 0 Å². The molecule has 0 aromatic carbocycles. The third kappa shape index (κ3) is 1.84. The summed E-state index contributed by atoms with van der Waals surface area (Å²) in [4.78, 5) is 4.22. The number of hydrogen-bond acceptors (Lipinski definition) is 2. The lowest BCUT2D eigenvalue weighted by atomic mass is 10.2. The topological polar surface area (TPSA) is 12.9 Å². The summed E-state index contributed by atoms with van der Waals surface area (Å²) in [5, 5.41) is 1.06. The van der Waals surface area contributed by atoms with Crippen molar-refractivity contribution in [2.75, 3.05) is 6.26 Å². The lowest BCUT2D eigenvalue weighted by Crippen LogP contribution is -1.84. The molecule has 0 bridgehead atoms. The third-order valence-electron chi connectivity index (χ3n) is 1.56. The van der Waals surface area contributed by atoms with E-state index >= 15 is 0 Å². The first-order valence-corrected chi connectivity index (χ1v) is 4.63. The fraction of sp³-hybridized carbons (Fsp3) is 0.222. The van der Waals surface area contributed by atoms with Gasteiger partial charge >= 0.3 is 0 Å². The Morgan fingerprint density at radius 1 is 1.64 bits per heavy atom. The van der Waals surface area contributed by atoms with E-state index < -0.39 is 0 Å². The molecule has 1 heterocycles. The van der Waals surface area contributed by atoms with E-state index in [2.05, 4.69) is 24.6 Å². The van der Waals surface area contributed by atoms with Crippen molar-refractivity contribution in [1.82, 2.24) is 4.98 Å². The Bertz CT molecular complexity index is 268. The van der Waals surface area contributed by atoms with E-state index in [1.165, 1.54) is 5.56 Å². The SMILES string of the molecule is C=Cc1cnc(SC)cc1C. The maximum Gasteiger partial charge on any atom is 0.0960 e. The highest BCUT2D eigenvalue weighted by atomic mass is 32.2. The second-order valence-corrected chi connectivity index (χ2v) is 3.11. The van der Waals surface area contributed by atoms with Gasteiger partial charge in [0.1, 0.15) is 0 Å². The van der Waals surface area contributed by atoms with Crippen LogP contribution in [0.5, 0.6) is 0 Å². The monoisotopic (exact) mass is 165 g/mol. The molecule has 2 heteroatoms. The molecule has 0 saturated heterocycles. The molecule has 0 atom stereocenters. The van der Waals surface area contributed by atoms with Gasteiger partial charge in [-0.05, 0) is 30.4 Å². The lowest BCUT2D eigenvalue weighted by molar-refractivity contribution is 1.11. The Labute approximate surface area is 71.5 Å². The average molecular weight is 165 g/mol. The van der Waals surface area contributed by atoms with Crippen LogP contribution in [0, 0.1) is 6.92 Å². The molecule has 0 fully saturated rings. The standard InChI is InChI=1S/C9H11NS/c1-4-8-6-10-9(11-3)5-7(8)2/h4-6H,1H2,2-3H3. The number of pyridine rings is 1. The van der Waals surface area contributed by atoms with Crippen molar-refractivity contribution in [3.63, 3.8) is 0 Å². The van der Waals surface area contributed by atoms with Gasteiger partial charge in [-0.15, -0.1) is 11.8 Å². The van der Waals surface area contributed by atoms with Crippen LogP contribution in [-0.4, -0.2) is 11.2 Å². The molecule has 0 unspecified atom stereocenters. The Balaban J connectivity index is 3.09. The lowest BCUT2D eigenvalue weighted by Gasteiger charge is -2.00. The van der Waals surface area contributed by atoms with Crippen molar-refractivity contribution >= 4 is 17.8 Å². The van der Waals surface area contributed by atoms with Crippen LogP contribution in [0.3, 0.4) is 0 Å². The molecule has 0 aliphatic rings. The minimum absolute atomic E-state index is 1.06. The van der Waals surface area contributed by atoms with Gasteiger partial charge in [0.25, 0.3) is 0 Å². The molecule has 58 valence electrons. The van der Waals surface area contributed by atoms with Gasteiger partial charge in [-0.1, -0.05) is 12.7 Å². The molecule has 0 aliphatic heterocycles. The Morgan fingerprint density at radius 2 is 2.36 bits per heavy atom. The van der Waals surface area contributed by atoms with Gasteiger partial charge in [0, 0.05) is 6.20 Å². The number of thioether (sulfide) groups is 1. The zero-order chi connectivity index (χ0) is 8.27. The first-order valence-electron chi connectivity index (χ1n) is 3.41. The van der Waals surface area contributed by atoms with Crippen LogP contribution in [-0.2, 0) is 0 Å². The summed E-state index contributed by atoms with van der Waals surface area (Å²) < 4.78 is 0. The van der Waals surface area contributed by atoms with E-state index in [0.29, 0.717) is 0 Å². The number of nitrogens with zero attached hydrogens (tertiary/aromatic N) is 1. The molecule has 11 heavy (non-hydrogen) atoms. The second kappa shape index (κ2) is 3.58. The molecule has 0 amide bonds. The van der Waals surface area contributed by atoms with Gasteiger partial charge in [0.05, 0.1) is 5.03 Å². The van der Waals surface area contributed by atoms with Crippen LogP contribution in [0.1, 0.15) is 11.1 Å². The molecule has 0 saturated carbocycles. The highest BCUT2D eigenvalue weighted by Crippen LogP contribution is 2.15. The summed E-state index contributed by atoms with van der Waals surface area (Å²) in [6.45, 7) is 5.77. The van der Waals surface area contributed by atoms with Gasteiger partial charge in [-0.25, -0.2) is 4.98 Å². The first-order chi connectivity index (χ1) is 5.27. The molecule has 0 spiro atoms. The van der Waals surface area contributed by atoms with Crippen LogP contribution in [0.15, 0.2) is 23.9 Å². The fourth-order valence-corrected chi connectivity index (χ4v) is 1.32. The molecule has 0 N–H and O–H groups in total. The molecule has 0 radical (unpaired) electrons. The summed E-state index contributed by atoms with van der Waals surface area (Å²) >= 11 is 1.66. The normalized spacial score (nSPS) is 9.64. The van der Waals surface area contributed by atoms with Crippen molar-refractivity contribution in [3.05, 3.63) is 30.0 Å². The maximum atomic E-state index is 4.22. The molecule has 0 aliphatic carbocycles. The van der Waals surface area contributed by atoms with Gasteiger partial charge in [-0.3, -0.25) is 0 Å². The number of hydrogen-bond donors (Lipinski definition) is 0. The van der Waals surface area contributed by atoms with Gasteiger partial charge < -0.3 is 0 Å². The Morgan fingerprint density at radius 3 is 2.82 bits per heavy atom. The van der Waals surface area contributed by atoms with Gasteiger partial charge in [-0.2, -0.15) is 0 Å². The number of aromatic nitrogens is 1. The predicted octanol–water partition coefficient (Wildman–Crippen LogP) is 2.75. The minimum atomic E-state index is 1.06. The van der Waals surface area contributed by atoms with E-state index in [1.54, 1.807) is 11.8 Å². The Hall–Kier alpha value is -0.760. The van der Waals surface area contributed by atoms with Crippen LogP contribution in [0.25, 0.3) is 6.08 Å². The average Bonchev–Trinajstić information content (AvgIpc) is 2.04. The maximum absolute atomic E-state index is 4.22. The summed E-state index contributed by atoms with van der Waals surface area (Å²) in [7, 11) is 0. The third-order valence-corrected chi connectivity index (χ3v) is 2.20. The highest BCUT2D eigenvalue weighted by molar-refractivity contribution is 7.98. The predicted molar refractivity (Wildman–Crippen MR) is 50.8 cm³/mol. The quantitative estimate of drug-likeness (QED) is 0.625. The van der Waals surface area contributed by atoms with Gasteiger partial charge in [0.15, 0.2) is 0 Å². The molecule has 1 nitrogen and oxygen atoms in total. The van der Waals surface area contributed by atoms with Crippen LogP contribution < -0.4 is 0 Å². The highest BCUT2D eigenvalue weighted by Gasteiger charge is 1.95. The number of aryl methyl sites for hydroxylation is 1. The zero-order valence-corrected chi connectivity index (χ0v) is 7.61. The molecule has 1 aromatic heterocycles. The van der Waals surface area contributed by atoms with Crippen LogP contribution in [0.2, 0.25) is 0 Å². The summed E-state index contributed by atoms with van der Waals surface area (Å²) in [5.41, 5.74) is 2.35. The first kappa shape index (κ1) is 8.34. The van der Waals surface area contributed by atoms with Crippen molar-refractivity contribution < 1.29 is 0 Å². The van der Waals surface area contributed by atoms with Crippen molar-refractivity contribution in [2.45, 2.75) is 11.9 Å². The fourth-order valence-electron chi connectivity index (χ4n) is 0.866. The van der Waals surface area contributed by atoms with E-state index in [0.717, 1.165) is 10.6 Å². The second-order valence-electron chi connectivity index (χ2n) is 2.29. The zero-order valence-electron chi connectivity index (χ0n) is 6.79.